The smallest absolute Gasteiger partial charge is 0.148 e. The second-order valence-corrected chi connectivity index (χ2v) is 5.45. The third kappa shape index (κ3) is 3.02. The summed E-state index contributed by atoms with van der Waals surface area (Å²) >= 11 is 0. The Kier molecular flexibility index (Phi) is 4.02. The lowest BCUT2D eigenvalue weighted by molar-refractivity contribution is 0.786. The number of benzene rings is 1. The summed E-state index contributed by atoms with van der Waals surface area (Å²) in [5, 5.41) is 14.3. The quantitative estimate of drug-likeness (QED) is 0.783. The molecule has 20 heavy (non-hydrogen) atoms. The number of aryl methyl sites for hydroxylation is 1. The van der Waals surface area contributed by atoms with Crippen LogP contribution in [0.4, 0.5) is 5.82 Å². The fourth-order valence-electron chi connectivity index (χ4n) is 2.67. The van der Waals surface area contributed by atoms with E-state index in [1.807, 2.05) is 0 Å². The van der Waals surface area contributed by atoms with Crippen molar-refractivity contribution >= 4 is 5.82 Å². The highest BCUT2D eigenvalue weighted by atomic mass is 15.2. The molecule has 1 fully saturated rings. The van der Waals surface area contributed by atoms with E-state index >= 15 is 0 Å². The minimum Gasteiger partial charge on any atom is -0.365 e. The van der Waals surface area contributed by atoms with Crippen molar-refractivity contribution in [3.8, 4) is 11.3 Å². The average molecular weight is 270 g/mol. The predicted octanol–water partition coefficient (Wildman–Crippen LogP) is 2.80. The summed E-state index contributed by atoms with van der Waals surface area (Å²) in [5.41, 5.74) is 3.66. The fraction of sp³-hybridized carbons (Fsp3) is 0.438. The summed E-state index contributed by atoms with van der Waals surface area (Å²) in [4.78, 5) is 0. The molecule has 0 spiro atoms. The predicted molar refractivity (Wildman–Crippen MR) is 82.9 cm³/mol. The molecule has 0 radical (unpaired) electrons. The second-order valence-electron chi connectivity index (χ2n) is 5.45. The van der Waals surface area contributed by atoms with Crippen LogP contribution in [0.1, 0.15) is 25.3 Å². The summed E-state index contributed by atoms with van der Waals surface area (Å²) < 4.78 is 0. The number of nitrogens with one attached hydrogen (secondary N) is 3. The monoisotopic (exact) mass is 270 g/mol. The van der Waals surface area contributed by atoms with Gasteiger partial charge in [0.1, 0.15) is 5.82 Å². The summed E-state index contributed by atoms with van der Waals surface area (Å²) in [6.07, 6.45) is 3.49. The molecule has 4 nitrogen and oxygen atoms in total. The molecule has 1 atom stereocenters. The van der Waals surface area contributed by atoms with Gasteiger partial charge in [0.25, 0.3) is 0 Å². The minimum atomic E-state index is 0.498. The Morgan fingerprint density at radius 2 is 2.15 bits per heavy atom. The molecule has 4 heteroatoms. The fourth-order valence-corrected chi connectivity index (χ4v) is 2.67. The summed E-state index contributed by atoms with van der Waals surface area (Å²) in [6, 6.07) is 11.3. The van der Waals surface area contributed by atoms with E-state index in [-0.39, 0.29) is 0 Å². The normalized spacial score (nSPS) is 18.4. The van der Waals surface area contributed by atoms with E-state index in [2.05, 4.69) is 58.1 Å². The van der Waals surface area contributed by atoms with Crippen molar-refractivity contribution in [1.29, 1.82) is 0 Å². The molecule has 1 aromatic heterocycles. The van der Waals surface area contributed by atoms with E-state index in [4.69, 9.17) is 0 Å². The van der Waals surface area contributed by atoms with Crippen LogP contribution in [-0.4, -0.2) is 29.3 Å². The first-order chi connectivity index (χ1) is 9.85. The zero-order valence-corrected chi connectivity index (χ0v) is 11.9. The van der Waals surface area contributed by atoms with Crippen molar-refractivity contribution in [2.75, 3.05) is 18.4 Å². The van der Waals surface area contributed by atoms with Crippen molar-refractivity contribution < 1.29 is 0 Å². The summed E-state index contributed by atoms with van der Waals surface area (Å²) in [6.45, 7) is 4.32. The van der Waals surface area contributed by atoms with Gasteiger partial charge in [-0.3, -0.25) is 5.10 Å². The first-order valence-electron chi connectivity index (χ1n) is 7.47. The second kappa shape index (κ2) is 6.09. The number of aromatic nitrogens is 2. The Morgan fingerprint density at radius 3 is 2.85 bits per heavy atom. The van der Waals surface area contributed by atoms with Gasteiger partial charge in [-0.05, 0) is 30.5 Å². The number of anilines is 1. The van der Waals surface area contributed by atoms with Gasteiger partial charge in [0.15, 0.2) is 0 Å². The van der Waals surface area contributed by atoms with E-state index in [1.54, 1.807) is 0 Å². The molecule has 3 rings (SSSR count). The molecule has 1 aromatic carbocycles. The van der Waals surface area contributed by atoms with Crippen LogP contribution in [0, 0.1) is 0 Å². The number of hydrogen-bond acceptors (Lipinski definition) is 3. The van der Waals surface area contributed by atoms with E-state index < -0.39 is 0 Å². The molecular formula is C16H22N4. The zero-order chi connectivity index (χ0) is 13.8. The van der Waals surface area contributed by atoms with E-state index in [1.165, 1.54) is 17.5 Å². The molecule has 1 unspecified atom stereocenters. The molecule has 0 bridgehead atoms. The maximum Gasteiger partial charge on any atom is 0.148 e. The SMILES string of the molecule is CCCc1ccc(-c2cc(NC3CCNC3)n[nH]2)cc1. The largest absolute Gasteiger partial charge is 0.365 e. The number of rotatable bonds is 5. The Hall–Kier alpha value is -1.81. The molecule has 2 aromatic rings. The van der Waals surface area contributed by atoms with Crippen molar-refractivity contribution in [3.63, 3.8) is 0 Å². The molecule has 0 saturated carbocycles. The Labute approximate surface area is 120 Å². The van der Waals surface area contributed by atoms with Gasteiger partial charge >= 0.3 is 0 Å². The number of hydrogen-bond donors (Lipinski definition) is 3. The average Bonchev–Trinajstić information content (AvgIpc) is 3.12. The van der Waals surface area contributed by atoms with Gasteiger partial charge in [0.05, 0.1) is 5.69 Å². The number of nitrogens with zero attached hydrogens (tertiary/aromatic N) is 1. The lowest BCUT2D eigenvalue weighted by Gasteiger charge is -2.08. The molecule has 0 aliphatic carbocycles. The zero-order valence-electron chi connectivity index (χ0n) is 11.9. The van der Waals surface area contributed by atoms with Crippen LogP contribution in [0.15, 0.2) is 30.3 Å². The van der Waals surface area contributed by atoms with Gasteiger partial charge in [-0.25, -0.2) is 0 Å². The van der Waals surface area contributed by atoms with Gasteiger partial charge in [0.2, 0.25) is 0 Å². The lowest BCUT2D eigenvalue weighted by atomic mass is 10.1. The van der Waals surface area contributed by atoms with Crippen LogP contribution in [0.25, 0.3) is 11.3 Å². The van der Waals surface area contributed by atoms with Gasteiger partial charge in [0, 0.05) is 18.7 Å². The van der Waals surface area contributed by atoms with Crippen LogP contribution in [0.3, 0.4) is 0 Å². The van der Waals surface area contributed by atoms with Crippen molar-refractivity contribution in [2.24, 2.45) is 0 Å². The topological polar surface area (TPSA) is 52.7 Å². The van der Waals surface area contributed by atoms with Crippen LogP contribution in [0.5, 0.6) is 0 Å². The van der Waals surface area contributed by atoms with Crippen LogP contribution in [0.2, 0.25) is 0 Å². The standard InChI is InChI=1S/C16H22N4/c1-2-3-12-4-6-13(7-5-12)15-10-16(20-19-15)18-14-8-9-17-11-14/h4-7,10,14,17H,2-3,8-9,11H2,1H3,(H2,18,19,20). The molecule has 1 saturated heterocycles. The molecule has 1 aliphatic rings. The maximum absolute atomic E-state index is 4.35. The van der Waals surface area contributed by atoms with Gasteiger partial charge in [-0.1, -0.05) is 37.6 Å². The molecule has 2 heterocycles. The van der Waals surface area contributed by atoms with Gasteiger partial charge in [-0.15, -0.1) is 0 Å². The van der Waals surface area contributed by atoms with Crippen molar-refractivity contribution in [3.05, 3.63) is 35.9 Å². The number of aromatic amines is 1. The third-order valence-electron chi connectivity index (χ3n) is 3.79. The Balaban J connectivity index is 1.68. The first kappa shape index (κ1) is 13.2. The highest BCUT2D eigenvalue weighted by Crippen LogP contribution is 2.21. The first-order valence-corrected chi connectivity index (χ1v) is 7.47. The van der Waals surface area contributed by atoms with E-state index in [9.17, 15) is 0 Å². The molecule has 1 aliphatic heterocycles. The van der Waals surface area contributed by atoms with Crippen molar-refractivity contribution in [1.82, 2.24) is 15.5 Å². The molecular weight excluding hydrogens is 248 g/mol. The summed E-state index contributed by atoms with van der Waals surface area (Å²) in [5.74, 6) is 0.936. The van der Waals surface area contributed by atoms with Crippen LogP contribution in [-0.2, 0) is 6.42 Å². The van der Waals surface area contributed by atoms with Gasteiger partial charge < -0.3 is 10.6 Å². The van der Waals surface area contributed by atoms with Gasteiger partial charge in [-0.2, -0.15) is 5.10 Å². The van der Waals surface area contributed by atoms with E-state index in [0.717, 1.165) is 37.4 Å². The maximum atomic E-state index is 4.35. The highest BCUT2D eigenvalue weighted by molar-refractivity contribution is 5.63. The van der Waals surface area contributed by atoms with E-state index in [0.29, 0.717) is 6.04 Å². The molecule has 0 amide bonds. The van der Waals surface area contributed by atoms with Crippen molar-refractivity contribution in [2.45, 2.75) is 32.2 Å². The minimum absolute atomic E-state index is 0.498. The number of H-pyrrole nitrogens is 1. The Morgan fingerprint density at radius 1 is 1.30 bits per heavy atom. The van der Waals surface area contributed by atoms with Crippen LogP contribution >= 0.6 is 0 Å². The van der Waals surface area contributed by atoms with Crippen LogP contribution < -0.4 is 10.6 Å². The Bertz CT molecular complexity index is 538. The third-order valence-corrected chi connectivity index (χ3v) is 3.79. The lowest BCUT2D eigenvalue weighted by Crippen LogP contribution is -2.22. The highest BCUT2D eigenvalue weighted by Gasteiger charge is 2.15. The summed E-state index contributed by atoms with van der Waals surface area (Å²) in [7, 11) is 0. The molecule has 3 N–H and O–H groups in total. The molecule has 106 valence electrons.